The third-order valence-electron chi connectivity index (χ3n) is 3.79. The lowest BCUT2D eigenvalue weighted by molar-refractivity contribution is -0.258. The van der Waals surface area contributed by atoms with Gasteiger partial charge in [-0.05, 0) is 36.8 Å². The molecule has 2 rings (SSSR count). The van der Waals surface area contributed by atoms with Crippen LogP contribution >= 0.6 is 0 Å². The number of rotatable bonds is 5. The molecule has 11 heteroatoms. The van der Waals surface area contributed by atoms with Gasteiger partial charge in [-0.15, -0.1) is 0 Å². The topological polar surface area (TPSA) is 105 Å². The van der Waals surface area contributed by atoms with Crippen molar-refractivity contribution >= 4 is 10.0 Å². The molecular weight excluding hydrogens is 327 g/mol. The summed E-state index contributed by atoms with van der Waals surface area (Å²) in [7, 11) is -4.00. The van der Waals surface area contributed by atoms with Gasteiger partial charge in [0, 0.05) is 6.54 Å². The predicted octanol–water partition coefficient (Wildman–Crippen LogP) is 1.00. The Morgan fingerprint density at radius 3 is 2.68 bits per heavy atom. The maximum Gasteiger partial charge on any atom is 0.417 e. The summed E-state index contributed by atoms with van der Waals surface area (Å²) in [5.74, 6) is -0.605. The number of nitrogens with zero attached hydrogens (tertiary/aromatic N) is 2. The summed E-state index contributed by atoms with van der Waals surface area (Å²) in [6.07, 6.45) is -5.31. The summed E-state index contributed by atoms with van der Waals surface area (Å²) in [5, 5.41) is 15.9. The highest BCUT2D eigenvalue weighted by Crippen LogP contribution is 2.45. The largest absolute Gasteiger partial charge is 0.417 e. The van der Waals surface area contributed by atoms with Gasteiger partial charge in [0.2, 0.25) is 5.03 Å². The van der Waals surface area contributed by atoms with Gasteiger partial charge in [-0.2, -0.15) is 13.2 Å². The third-order valence-corrected chi connectivity index (χ3v) is 5.16. The second-order valence-corrected chi connectivity index (χ2v) is 7.04. The van der Waals surface area contributed by atoms with Gasteiger partial charge in [0.1, 0.15) is 5.69 Å². The number of alkyl halides is 3. The van der Waals surface area contributed by atoms with Gasteiger partial charge >= 0.3 is 6.18 Å². The monoisotopic (exact) mass is 343 g/mol. The van der Waals surface area contributed by atoms with Crippen LogP contribution in [0.3, 0.4) is 0 Å². The van der Waals surface area contributed by atoms with E-state index >= 15 is 0 Å². The first-order valence-corrected chi connectivity index (χ1v) is 8.17. The number of sulfonamides is 1. The molecule has 0 amide bonds. The molecule has 1 aromatic rings. The Labute approximate surface area is 124 Å². The fourth-order valence-corrected chi connectivity index (χ4v) is 3.69. The van der Waals surface area contributed by atoms with Crippen LogP contribution in [0.15, 0.2) is 9.65 Å². The van der Waals surface area contributed by atoms with Crippen molar-refractivity contribution in [3.63, 3.8) is 0 Å². The molecule has 0 aromatic carbocycles. The zero-order valence-electron chi connectivity index (χ0n) is 11.7. The number of hydrogen-bond donors (Lipinski definition) is 2. The minimum atomic E-state index is -4.72. The van der Waals surface area contributed by atoms with Crippen LogP contribution in [0.2, 0.25) is 0 Å². The van der Waals surface area contributed by atoms with Crippen LogP contribution in [0.25, 0.3) is 0 Å². The van der Waals surface area contributed by atoms with E-state index in [2.05, 4.69) is 19.7 Å². The Morgan fingerprint density at radius 1 is 1.45 bits per heavy atom. The molecule has 1 aromatic heterocycles. The summed E-state index contributed by atoms with van der Waals surface area (Å²) in [6.45, 7) is 1.45. The summed E-state index contributed by atoms with van der Waals surface area (Å²) in [5.41, 5.74) is -2.60. The lowest BCUT2D eigenvalue weighted by Crippen LogP contribution is -2.43. The molecule has 7 nitrogen and oxygen atoms in total. The number of nitrogens with one attached hydrogen (secondary N) is 1. The molecule has 2 unspecified atom stereocenters. The van der Waals surface area contributed by atoms with E-state index in [1.807, 2.05) is 0 Å². The van der Waals surface area contributed by atoms with Crippen molar-refractivity contribution in [2.45, 2.75) is 49.4 Å². The molecule has 2 N–H and O–H groups in total. The lowest BCUT2D eigenvalue weighted by atomic mass is 10.00. The highest BCUT2D eigenvalue weighted by atomic mass is 32.2. The maximum absolute atomic E-state index is 12.7. The summed E-state index contributed by atoms with van der Waals surface area (Å²) >= 11 is 0. The van der Waals surface area contributed by atoms with Crippen molar-refractivity contribution in [3.05, 3.63) is 5.69 Å². The highest BCUT2D eigenvalue weighted by Gasteiger charge is 2.57. The number of halogens is 3. The minimum absolute atomic E-state index is 0.0796. The number of hydrogen-bond acceptors (Lipinski definition) is 6. The van der Waals surface area contributed by atoms with Gasteiger partial charge in [0.15, 0.2) is 5.60 Å². The average Bonchev–Trinajstić information content (AvgIpc) is 3.03. The molecule has 1 aliphatic rings. The van der Waals surface area contributed by atoms with Crippen LogP contribution in [0, 0.1) is 5.92 Å². The molecule has 2 atom stereocenters. The fraction of sp³-hybridized carbons (Fsp3) is 0.818. The second-order valence-electron chi connectivity index (χ2n) is 5.36. The molecule has 0 spiro atoms. The van der Waals surface area contributed by atoms with Gasteiger partial charge in [-0.25, -0.2) is 17.8 Å². The standard InChI is InChI=1S/C11H16F3N3O4S/c1-2-8-9(17-21-16-8)22(19,20)15-6-7-3-4-10(18,5-7)11(12,13)14/h7,15,18H,2-6H2,1H3. The Bertz CT molecular complexity index is 631. The first kappa shape index (κ1) is 17.2. The number of aromatic nitrogens is 2. The maximum atomic E-state index is 12.7. The van der Waals surface area contributed by atoms with Crippen LogP contribution in [0.4, 0.5) is 13.2 Å². The second kappa shape index (κ2) is 5.78. The van der Waals surface area contributed by atoms with E-state index in [9.17, 15) is 26.7 Å². The van der Waals surface area contributed by atoms with Gasteiger partial charge in [0.05, 0.1) is 0 Å². The SMILES string of the molecule is CCc1nonc1S(=O)(=O)NCC1CCC(O)(C(F)(F)F)C1. The van der Waals surface area contributed by atoms with Gasteiger partial charge in [-0.1, -0.05) is 12.1 Å². The van der Waals surface area contributed by atoms with Crippen molar-refractivity contribution in [2.75, 3.05) is 6.54 Å². The number of aliphatic hydroxyl groups is 1. The molecule has 1 saturated carbocycles. The van der Waals surface area contributed by atoms with Crippen molar-refractivity contribution < 1.29 is 31.3 Å². The van der Waals surface area contributed by atoms with E-state index in [0.29, 0.717) is 0 Å². The van der Waals surface area contributed by atoms with Crippen LogP contribution in [-0.2, 0) is 16.4 Å². The van der Waals surface area contributed by atoms with Crippen molar-refractivity contribution in [3.8, 4) is 0 Å². The van der Waals surface area contributed by atoms with Crippen molar-refractivity contribution in [2.24, 2.45) is 5.92 Å². The Morgan fingerprint density at radius 2 is 2.14 bits per heavy atom. The minimum Gasteiger partial charge on any atom is -0.380 e. The zero-order chi connectivity index (χ0) is 16.6. The van der Waals surface area contributed by atoms with Gasteiger partial charge < -0.3 is 5.11 Å². The normalized spacial score (nSPS) is 26.5. The molecule has 1 fully saturated rings. The van der Waals surface area contributed by atoms with Crippen LogP contribution in [0.1, 0.15) is 31.9 Å². The average molecular weight is 343 g/mol. The summed E-state index contributed by atoms with van der Waals surface area (Å²) < 4.78 is 68.7. The molecule has 1 heterocycles. The first-order valence-electron chi connectivity index (χ1n) is 6.69. The summed E-state index contributed by atoms with van der Waals surface area (Å²) in [6, 6.07) is 0. The van der Waals surface area contributed by atoms with E-state index in [-0.39, 0.29) is 30.1 Å². The molecule has 0 radical (unpaired) electrons. The van der Waals surface area contributed by atoms with E-state index in [4.69, 9.17) is 0 Å². The van der Waals surface area contributed by atoms with E-state index < -0.39 is 40.6 Å². The lowest BCUT2D eigenvalue weighted by Gasteiger charge is -2.25. The Balaban J connectivity index is 2.00. The molecule has 0 saturated heterocycles. The van der Waals surface area contributed by atoms with Gasteiger partial charge in [0.25, 0.3) is 10.0 Å². The highest BCUT2D eigenvalue weighted by molar-refractivity contribution is 7.89. The zero-order valence-corrected chi connectivity index (χ0v) is 12.5. The predicted molar refractivity (Wildman–Crippen MR) is 67.2 cm³/mol. The molecule has 0 bridgehead atoms. The number of aryl methyl sites for hydroxylation is 1. The smallest absolute Gasteiger partial charge is 0.380 e. The van der Waals surface area contributed by atoms with E-state index in [1.165, 1.54) is 0 Å². The van der Waals surface area contributed by atoms with E-state index in [1.54, 1.807) is 6.92 Å². The molecule has 0 aliphatic heterocycles. The first-order chi connectivity index (χ1) is 10.1. The van der Waals surface area contributed by atoms with Gasteiger partial charge in [-0.3, -0.25) is 0 Å². The summed E-state index contributed by atoms with van der Waals surface area (Å²) in [4.78, 5) is 0. The molecule has 1 aliphatic carbocycles. The van der Waals surface area contributed by atoms with Crippen LogP contribution in [-0.4, -0.2) is 42.2 Å². The van der Waals surface area contributed by atoms with Crippen molar-refractivity contribution in [1.82, 2.24) is 15.0 Å². The van der Waals surface area contributed by atoms with Crippen LogP contribution in [0.5, 0.6) is 0 Å². The molecule has 22 heavy (non-hydrogen) atoms. The quantitative estimate of drug-likeness (QED) is 0.826. The fourth-order valence-electron chi connectivity index (χ4n) is 2.47. The molecule has 126 valence electrons. The van der Waals surface area contributed by atoms with E-state index in [0.717, 1.165) is 0 Å². The third kappa shape index (κ3) is 3.25. The van der Waals surface area contributed by atoms with Crippen molar-refractivity contribution in [1.29, 1.82) is 0 Å². The van der Waals surface area contributed by atoms with Crippen LogP contribution < -0.4 is 4.72 Å². The Kier molecular flexibility index (Phi) is 4.51. The Hall–Kier alpha value is -1.20. The molecular formula is C11H16F3N3O4S.